The zero-order chi connectivity index (χ0) is 23.6. The zero-order valence-corrected chi connectivity index (χ0v) is 18.9. The minimum Gasteiger partial charge on any atom is -0.489 e. The number of benzene rings is 2. The van der Waals surface area contributed by atoms with Gasteiger partial charge in [-0.25, -0.2) is 9.78 Å². The lowest BCUT2D eigenvalue weighted by atomic mass is 10.2. The maximum absolute atomic E-state index is 12.9. The Morgan fingerprint density at radius 1 is 1.03 bits per heavy atom. The highest BCUT2D eigenvalue weighted by atomic mass is 32.2. The normalized spacial score (nSPS) is 11.3. The Bertz CT molecular complexity index is 1490. The Morgan fingerprint density at radius 2 is 1.76 bits per heavy atom. The van der Waals surface area contributed by atoms with Crippen LogP contribution in [0.3, 0.4) is 0 Å². The predicted molar refractivity (Wildman–Crippen MR) is 125 cm³/mol. The molecule has 2 aromatic heterocycles. The second-order valence-corrected chi connectivity index (χ2v) is 8.82. The van der Waals surface area contributed by atoms with Gasteiger partial charge < -0.3 is 9.47 Å². The summed E-state index contributed by atoms with van der Waals surface area (Å²) in [4.78, 5) is 16.4. The summed E-state index contributed by atoms with van der Waals surface area (Å²) in [7, 11) is -0.756. The molecule has 0 amide bonds. The van der Waals surface area contributed by atoms with Crippen molar-refractivity contribution < 1.29 is 17.9 Å². The van der Waals surface area contributed by atoms with Gasteiger partial charge in [0.2, 0.25) is 0 Å². The fraction of sp³-hybridized carbons (Fsp3) is 0.130. The van der Waals surface area contributed by atoms with E-state index >= 15 is 0 Å². The van der Waals surface area contributed by atoms with Crippen molar-refractivity contribution in [1.29, 1.82) is 0 Å². The van der Waals surface area contributed by atoms with Crippen molar-refractivity contribution in [3.05, 3.63) is 83.9 Å². The number of pyridine rings is 1. The fourth-order valence-corrected chi connectivity index (χ4v) is 4.31. The number of hydrogen-bond donors (Lipinski definition) is 1. The number of hydrogen-bond acceptors (Lipinski definition) is 6. The highest BCUT2D eigenvalue weighted by Crippen LogP contribution is 2.35. The Kier molecular flexibility index (Phi) is 5.93. The van der Waals surface area contributed by atoms with Crippen molar-refractivity contribution in [1.82, 2.24) is 14.1 Å². The number of ether oxygens (including phenoxy) is 2. The molecule has 0 aliphatic carbocycles. The summed E-state index contributed by atoms with van der Waals surface area (Å²) in [5.41, 5.74) is 1.03. The van der Waals surface area contributed by atoms with Crippen molar-refractivity contribution in [3.63, 3.8) is 0 Å². The molecule has 2 aromatic carbocycles. The van der Waals surface area contributed by atoms with E-state index in [9.17, 15) is 13.2 Å². The van der Waals surface area contributed by atoms with Crippen LogP contribution in [0.1, 0.15) is 0 Å². The number of aryl methyl sites for hydroxylation is 2. The number of fused-ring (bicyclic) bond motifs is 1. The third kappa shape index (κ3) is 4.46. The summed E-state index contributed by atoms with van der Waals surface area (Å²) in [5.74, 6) is 1.20. The van der Waals surface area contributed by atoms with Crippen LogP contribution in [0.5, 0.6) is 17.2 Å². The molecule has 10 heteroatoms. The molecule has 0 fully saturated rings. The quantitative estimate of drug-likeness (QED) is 0.399. The molecule has 0 saturated carbocycles. The van der Waals surface area contributed by atoms with Crippen LogP contribution in [0.25, 0.3) is 11.0 Å². The van der Waals surface area contributed by atoms with Crippen LogP contribution in [0.2, 0.25) is 0 Å². The lowest BCUT2D eigenvalue weighted by Crippen LogP contribution is -2.19. The molecule has 1 N–H and O–H groups in total. The number of sulfonamides is 1. The topological polar surface area (TPSA) is 104 Å². The van der Waals surface area contributed by atoms with E-state index in [1.807, 2.05) is 0 Å². The van der Waals surface area contributed by atoms with Crippen molar-refractivity contribution in [2.45, 2.75) is 5.03 Å². The highest BCUT2D eigenvalue weighted by Gasteiger charge is 2.21. The van der Waals surface area contributed by atoms with Gasteiger partial charge >= 0.3 is 5.69 Å². The number of rotatable bonds is 8. The first kappa shape index (κ1) is 22.2. The van der Waals surface area contributed by atoms with E-state index in [2.05, 4.69) is 16.3 Å². The molecular weight excluding hydrogens is 444 g/mol. The number of anilines is 1. The first-order valence-corrected chi connectivity index (χ1v) is 11.4. The molecule has 0 spiro atoms. The molecule has 33 heavy (non-hydrogen) atoms. The molecule has 9 nitrogen and oxygen atoms in total. The average Bonchev–Trinajstić information content (AvgIpc) is 3.02. The predicted octanol–water partition coefficient (Wildman–Crippen LogP) is 3.43. The molecule has 0 saturated heterocycles. The lowest BCUT2D eigenvalue weighted by molar-refractivity contribution is 0.360. The largest absolute Gasteiger partial charge is 0.489 e. The van der Waals surface area contributed by atoms with Gasteiger partial charge in [-0.2, -0.15) is 8.42 Å². The van der Waals surface area contributed by atoms with Crippen LogP contribution in [-0.4, -0.2) is 29.1 Å². The minimum atomic E-state index is -4.00. The van der Waals surface area contributed by atoms with Crippen LogP contribution in [0, 0.1) is 0 Å². The second kappa shape index (κ2) is 8.83. The van der Waals surface area contributed by atoms with E-state index in [1.54, 1.807) is 68.7 Å². The molecule has 0 atom stereocenters. The molecule has 4 rings (SSSR count). The molecule has 4 aromatic rings. The Balaban J connectivity index is 1.81. The maximum atomic E-state index is 12.9. The van der Waals surface area contributed by atoms with Crippen LogP contribution in [0.15, 0.2) is 83.3 Å². The molecular formula is C23H22N4O5S. The van der Waals surface area contributed by atoms with Crippen molar-refractivity contribution in [2.75, 3.05) is 11.3 Å². The van der Waals surface area contributed by atoms with Gasteiger partial charge in [-0.3, -0.25) is 13.9 Å². The number of imidazole rings is 1. The monoisotopic (exact) mass is 466 g/mol. The van der Waals surface area contributed by atoms with Gasteiger partial charge in [0.05, 0.1) is 16.7 Å². The van der Waals surface area contributed by atoms with Gasteiger partial charge in [-0.1, -0.05) is 24.8 Å². The number of aromatic nitrogens is 3. The van der Waals surface area contributed by atoms with E-state index in [4.69, 9.17) is 9.47 Å². The highest BCUT2D eigenvalue weighted by molar-refractivity contribution is 7.92. The van der Waals surface area contributed by atoms with Gasteiger partial charge in [-0.05, 0) is 30.3 Å². The average molecular weight is 467 g/mol. The van der Waals surface area contributed by atoms with Crippen molar-refractivity contribution in [3.8, 4) is 17.2 Å². The van der Waals surface area contributed by atoms with E-state index in [-0.39, 0.29) is 22.2 Å². The Morgan fingerprint density at radius 3 is 2.45 bits per heavy atom. The second-order valence-electron chi connectivity index (χ2n) is 7.19. The van der Waals surface area contributed by atoms with Gasteiger partial charge in [0, 0.05) is 32.4 Å². The molecule has 0 unspecified atom stereocenters. The first-order chi connectivity index (χ1) is 15.8. The Labute approximate surface area is 190 Å². The molecule has 2 heterocycles. The van der Waals surface area contributed by atoms with Crippen LogP contribution in [0.4, 0.5) is 5.69 Å². The lowest BCUT2D eigenvalue weighted by Gasteiger charge is -2.15. The number of nitrogens with zero attached hydrogens (tertiary/aromatic N) is 3. The van der Waals surface area contributed by atoms with Crippen LogP contribution >= 0.6 is 0 Å². The molecule has 0 aliphatic heterocycles. The van der Waals surface area contributed by atoms with Crippen LogP contribution in [-0.2, 0) is 24.1 Å². The van der Waals surface area contributed by atoms with Crippen molar-refractivity contribution in [2.24, 2.45) is 14.1 Å². The summed E-state index contributed by atoms with van der Waals surface area (Å²) >= 11 is 0. The van der Waals surface area contributed by atoms with Gasteiger partial charge in [0.25, 0.3) is 10.0 Å². The van der Waals surface area contributed by atoms with Gasteiger partial charge in [0.1, 0.15) is 18.1 Å². The third-order valence-corrected chi connectivity index (χ3v) is 6.21. The molecule has 170 valence electrons. The van der Waals surface area contributed by atoms with E-state index in [1.165, 1.54) is 21.4 Å². The SMILES string of the molecule is C=CCOc1cccc(Oc2cc3c(cc2NS(=O)(=O)c2ccccn2)n(C)c(=O)n3C)c1. The maximum Gasteiger partial charge on any atom is 0.328 e. The molecule has 0 bridgehead atoms. The molecule has 0 radical (unpaired) electrons. The van der Waals surface area contributed by atoms with Crippen LogP contribution < -0.4 is 19.9 Å². The van der Waals surface area contributed by atoms with Crippen molar-refractivity contribution >= 4 is 26.7 Å². The summed E-state index contributed by atoms with van der Waals surface area (Å²) in [6.07, 6.45) is 3.02. The smallest absolute Gasteiger partial charge is 0.328 e. The molecule has 0 aliphatic rings. The van der Waals surface area contributed by atoms with E-state index < -0.39 is 10.0 Å². The fourth-order valence-electron chi connectivity index (χ4n) is 3.30. The number of nitrogens with one attached hydrogen (secondary N) is 1. The summed E-state index contributed by atoms with van der Waals surface area (Å²) in [6.45, 7) is 3.96. The zero-order valence-electron chi connectivity index (χ0n) is 18.1. The summed E-state index contributed by atoms with van der Waals surface area (Å²) < 4.78 is 42.9. The van der Waals surface area contributed by atoms with Gasteiger partial charge in [-0.15, -0.1) is 0 Å². The third-order valence-electron chi connectivity index (χ3n) is 4.93. The minimum absolute atomic E-state index is 0.141. The summed E-state index contributed by atoms with van der Waals surface area (Å²) in [5, 5.41) is -0.141. The Hall–Kier alpha value is -4.05. The first-order valence-electron chi connectivity index (χ1n) is 9.95. The standard InChI is InChI=1S/C23H22N4O5S/c1-4-12-31-16-8-7-9-17(13-16)32-21-15-20-19(26(2)23(28)27(20)3)14-18(21)25-33(29,30)22-10-5-6-11-24-22/h4-11,13-15,25H,1,12H2,2-3H3. The van der Waals surface area contributed by atoms with E-state index in [0.29, 0.717) is 29.1 Å². The van der Waals surface area contributed by atoms with Gasteiger partial charge in [0.15, 0.2) is 10.8 Å². The summed E-state index contributed by atoms with van der Waals surface area (Å²) in [6, 6.07) is 14.7. The van der Waals surface area contributed by atoms with E-state index in [0.717, 1.165) is 0 Å².